The summed E-state index contributed by atoms with van der Waals surface area (Å²) in [4.78, 5) is 32.4. The van der Waals surface area contributed by atoms with E-state index in [2.05, 4.69) is 21.4 Å². The number of hydrogen-bond donors (Lipinski definition) is 1. The highest BCUT2D eigenvalue weighted by Crippen LogP contribution is 2.27. The van der Waals surface area contributed by atoms with Crippen molar-refractivity contribution in [1.82, 2.24) is 34.0 Å². The number of carbonyl (C=O) groups is 1. The number of rotatable bonds is 6. The minimum Gasteiger partial charge on any atom is -0.388 e. The largest absolute Gasteiger partial charge is 0.388 e. The molecule has 2 aliphatic rings. The highest BCUT2D eigenvalue weighted by atomic mass is 19.1. The molecule has 0 spiro atoms. The minimum absolute atomic E-state index is 0.0504. The van der Waals surface area contributed by atoms with Crippen molar-refractivity contribution in [2.75, 3.05) is 26.3 Å². The number of nitrogens with zero attached hydrogens (tertiary/aromatic N) is 7. The number of ether oxygens (including phenoxy) is 1. The van der Waals surface area contributed by atoms with Crippen LogP contribution in [-0.2, 0) is 11.3 Å². The van der Waals surface area contributed by atoms with Gasteiger partial charge in [-0.25, -0.2) is 14.1 Å². The fourth-order valence-corrected chi connectivity index (χ4v) is 6.06. The molecule has 44 heavy (non-hydrogen) atoms. The van der Waals surface area contributed by atoms with E-state index in [0.717, 1.165) is 42.9 Å². The Hall–Kier alpha value is -4.68. The van der Waals surface area contributed by atoms with Gasteiger partial charge in [-0.2, -0.15) is 10.2 Å². The van der Waals surface area contributed by atoms with Gasteiger partial charge >= 0.3 is 0 Å². The molecule has 7 rings (SSSR count). The summed E-state index contributed by atoms with van der Waals surface area (Å²) in [6.45, 7) is 2.21. The molecular formula is C32H32FN7O4. The van der Waals surface area contributed by atoms with Crippen molar-refractivity contribution in [3.8, 4) is 16.8 Å². The molecule has 2 aliphatic heterocycles. The molecule has 0 radical (unpaired) electrons. The van der Waals surface area contributed by atoms with Crippen LogP contribution in [0, 0.1) is 5.82 Å². The van der Waals surface area contributed by atoms with Crippen LogP contribution in [0.1, 0.15) is 42.1 Å². The molecule has 1 amide bonds. The maximum absolute atomic E-state index is 13.4. The van der Waals surface area contributed by atoms with E-state index >= 15 is 0 Å². The molecule has 2 aromatic carbocycles. The van der Waals surface area contributed by atoms with Crippen molar-refractivity contribution >= 4 is 16.9 Å². The summed E-state index contributed by atoms with van der Waals surface area (Å²) in [5.41, 5.74) is 2.17. The second-order valence-electron chi connectivity index (χ2n) is 11.6. The minimum atomic E-state index is -1.18. The zero-order chi connectivity index (χ0) is 30.3. The van der Waals surface area contributed by atoms with Gasteiger partial charge in [0.2, 0.25) is 0 Å². The molecule has 2 fully saturated rings. The maximum Gasteiger partial charge on any atom is 0.264 e. The molecule has 12 heteroatoms. The summed E-state index contributed by atoms with van der Waals surface area (Å²) >= 11 is 0. The van der Waals surface area contributed by atoms with Crippen LogP contribution in [0.4, 0.5) is 4.39 Å². The predicted molar refractivity (Wildman–Crippen MR) is 160 cm³/mol. The van der Waals surface area contributed by atoms with Crippen LogP contribution in [0.15, 0.2) is 78.2 Å². The molecule has 2 saturated heterocycles. The van der Waals surface area contributed by atoms with E-state index in [1.54, 1.807) is 9.58 Å². The van der Waals surface area contributed by atoms with Gasteiger partial charge in [-0.15, -0.1) is 0 Å². The summed E-state index contributed by atoms with van der Waals surface area (Å²) < 4.78 is 23.8. The number of hydrogen-bond acceptors (Lipinski definition) is 7. The van der Waals surface area contributed by atoms with E-state index in [1.807, 2.05) is 35.1 Å². The van der Waals surface area contributed by atoms with Gasteiger partial charge in [0.05, 0.1) is 36.3 Å². The van der Waals surface area contributed by atoms with E-state index < -0.39 is 11.4 Å². The third kappa shape index (κ3) is 5.42. The average molecular weight is 598 g/mol. The van der Waals surface area contributed by atoms with Gasteiger partial charge in [0, 0.05) is 43.6 Å². The van der Waals surface area contributed by atoms with Gasteiger partial charge in [-0.1, -0.05) is 12.1 Å². The quantitative estimate of drug-likeness (QED) is 0.318. The van der Waals surface area contributed by atoms with Crippen molar-refractivity contribution in [3.63, 3.8) is 0 Å². The topological polar surface area (TPSA) is 120 Å². The number of aliphatic hydroxyl groups is 1. The Labute approximate surface area is 252 Å². The Morgan fingerprint density at radius 3 is 2.43 bits per heavy atom. The Morgan fingerprint density at radius 1 is 0.977 bits per heavy atom. The number of fused-ring (bicyclic) bond motifs is 1. The Kier molecular flexibility index (Phi) is 7.31. The van der Waals surface area contributed by atoms with Gasteiger partial charge in [0.15, 0.2) is 5.65 Å². The highest BCUT2D eigenvalue weighted by molar-refractivity contribution is 5.94. The van der Waals surface area contributed by atoms with Gasteiger partial charge in [-0.3, -0.25) is 18.8 Å². The summed E-state index contributed by atoms with van der Waals surface area (Å²) in [5, 5.41) is 20.7. The standard InChI is InChI=1S/C32H32FN7O4/c33-25-5-1-23(2-6-25)30(41)37-13-11-32(43,12-14-37)20-38-21-34-29-28(31(38)42)18-36-40(29)27-7-3-22(4-8-27)24-17-35-39(19-24)26-9-15-44-16-10-26/h1-8,17-19,21,26,43H,9-16,20H2. The third-order valence-corrected chi connectivity index (χ3v) is 8.70. The second kappa shape index (κ2) is 11.4. The first-order valence-electron chi connectivity index (χ1n) is 14.8. The van der Waals surface area contributed by atoms with Crippen LogP contribution < -0.4 is 5.56 Å². The van der Waals surface area contributed by atoms with Gasteiger partial charge in [0.1, 0.15) is 17.5 Å². The van der Waals surface area contributed by atoms with E-state index in [4.69, 9.17) is 4.74 Å². The van der Waals surface area contributed by atoms with Crippen molar-refractivity contribution in [3.05, 3.63) is 95.2 Å². The average Bonchev–Trinajstić information content (AvgIpc) is 3.72. The van der Waals surface area contributed by atoms with E-state index in [0.29, 0.717) is 48.6 Å². The van der Waals surface area contributed by atoms with Crippen LogP contribution in [0.3, 0.4) is 0 Å². The number of benzene rings is 2. The van der Waals surface area contributed by atoms with E-state index in [9.17, 15) is 19.1 Å². The first-order chi connectivity index (χ1) is 21.4. The van der Waals surface area contributed by atoms with E-state index in [-0.39, 0.29) is 18.0 Å². The van der Waals surface area contributed by atoms with Gasteiger partial charge < -0.3 is 14.7 Å². The lowest BCUT2D eigenvalue weighted by Crippen LogP contribution is -2.49. The van der Waals surface area contributed by atoms with Crippen molar-refractivity contribution in [2.45, 2.75) is 43.9 Å². The molecule has 1 N–H and O–H groups in total. The van der Waals surface area contributed by atoms with Crippen LogP contribution in [0.5, 0.6) is 0 Å². The van der Waals surface area contributed by atoms with Crippen LogP contribution in [-0.4, -0.2) is 76.9 Å². The number of carbonyl (C=O) groups excluding carboxylic acids is 1. The number of aromatic nitrogens is 6. The fraction of sp³-hybridized carbons (Fsp3) is 0.344. The Balaban J connectivity index is 1.04. The number of likely N-dealkylation sites (tertiary alicyclic amines) is 1. The molecule has 3 aromatic heterocycles. The Bertz CT molecular complexity index is 1850. The molecule has 226 valence electrons. The van der Waals surface area contributed by atoms with Crippen LogP contribution in [0.2, 0.25) is 0 Å². The lowest BCUT2D eigenvalue weighted by molar-refractivity contribution is -0.0299. The number of piperidine rings is 1. The zero-order valence-electron chi connectivity index (χ0n) is 24.0. The number of halogens is 1. The SMILES string of the molecule is O=C(c1ccc(F)cc1)N1CCC(O)(Cn2cnc3c(cnn3-c3ccc(-c4cnn(C5CCOCC5)c4)cc3)c2=O)CC1. The number of amides is 1. The normalized spacial score (nSPS) is 17.3. The molecule has 5 heterocycles. The molecule has 11 nitrogen and oxygen atoms in total. The third-order valence-electron chi connectivity index (χ3n) is 8.70. The monoisotopic (exact) mass is 597 g/mol. The first kappa shape index (κ1) is 28.1. The zero-order valence-corrected chi connectivity index (χ0v) is 24.0. The predicted octanol–water partition coefficient (Wildman–Crippen LogP) is 3.60. The Morgan fingerprint density at radius 2 is 1.70 bits per heavy atom. The summed E-state index contributed by atoms with van der Waals surface area (Å²) in [5.74, 6) is -0.614. The van der Waals surface area contributed by atoms with Crippen molar-refractivity contribution in [1.29, 1.82) is 0 Å². The van der Waals surface area contributed by atoms with E-state index in [1.165, 1.54) is 41.4 Å². The van der Waals surface area contributed by atoms with Gasteiger partial charge in [0.25, 0.3) is 11.5 Å². The summed E-state index contributed by atoms with van der Waals surface area (Å²) in [6, 6.07) is 13.6. The van der Waals surface area contributed by atoms with Crippen LogP contribution in [0.25, 0.3) is 27.8 Å². The summed E-state index contributed by atoms with van der Waals surface area (Å²) in [7, 11) is 0. The molecule has 0 atom stereocenters. The molecule has 0 unspecified atom stereocenters. The van der Waals surface area contributed by atoms with Crippen molar-refractivity contribution < 1.29 is 19.0 Å². The molecule has 0 saturated carbocycles. The second-order valence-corrected chi connectivity index (χ2v) is 11.6. The van der Waals surface area contributed by atoms with Gasteiger partial charge in [-0.05, 0) is 67.6 Å². The lowest BCUT2D eigenvalue weighted by atomic mass is 9.91. The molecule has 5 aromatic rings. The lowest BCUT2D eigenvalue weighted by Gasteiger charge is -2.38. The molecular weight excluding hydrogens is 565 g/mol. The molecule has 0 bridgehead atoms. The van der Waals surface area contributed by atoms with Crippen molar-refractivity contribution in [2.24, 2.45) is 0 Å². The summed E-state index contributed by atoms with van der Waals surface area (Å²) in [6.07, 6.45) is 9.39. The maximum atomic E-state index is 13.4. The first-order valence-corrected chi connectivity index (χ1v) is 14.8. The molecule has 0 aliphatic carbocycles. The van der Waals surface area contributed by atoms with Crippen LogP contribution >= 0.6 is 0 Å². The fourth-order valence-electron chi connectivity index (χ4n) is 6.06. The smallest absolute Gasteiger partial charge is 0.264 e. The highest BCUT2D eigenvalue weighted by Gasteiger charge is 2.35.